The summed E-state index contributed by atoms with van der Waals surface area (Å²) in [4.78, 5) is 25.0. The van der Waals surface area contributed by atoms with Crippen molar-refractivity contribution in [1.29, 1.82) is 0 Å². The van der Waals surface area contributed by atoms with Gasteiger partial charge in [-0.15, -0.1) is 0 Å². The van der Waals surface area contributed by atoms with E-state index in [1.54, 1.807) is 0 Å². The van der Waals surface area contributed by atoms with Crippen LogP contribution in [0, 0.1) is 17.8 Å². The summed E-state index contributed by atoms with van der Waals surface area (Å²) in [5, 5.41) is 11.9. The average molecular weight is 298 g/mol. The number of rotatable bonds is 7. The van der Waals surface area contributed by atoms with Gasteiger partial charge in [0, 0.05) is 26.1 Å². The molecule has 1 heterocycles. The molecule has 2 atom stereocenters. The summed E-state index contributed by atoms with van der Waals surface area (Å²) in [7, 11) is 0. The molecule has 21 heavy (non-hydrogen) atoms. The number of carbonyl (C=O) groups is 2. The standard InChI is InChI=1S/C16H30N2O3/c1-4-13-6-5-7-18(11-13)16(21)17-10-14(8-12(2)3)9-15(19)20/h12-14H,4-11H2,1-3H3,(H,17,21)(H,19,20). The van der Waals surface area contributed by atoms with Crippen LogP contribution in [0.5, 0.6) is 0 Å². The van der Waals surface area contributed by atoms with E-state index in [1.165, 1.54) is 6.42 Å². The molecule has 5 heteroatoms. The summed E-state index contributed by atoms with van der Waals surface area (Å²) in [5.74, 6) is 0.262. The van der Waals surface area contributed by atoms with Crippen molar-refractivity contribution >= 4 is 12.0 Å². The molecule has 2 unspecified atom stereocenters. The number of nitrogens with zero attached hydrogens (tertiary/aromatic N) is 1. The summed E-state index contributed by atoms with van der Waals surface area (Å²) in [6.07, 6.45) is 4.32. The molecule has 0 saturated carbocycles. The molecular weight excluding hydrogens is 268 g/mol. The number of hydrogen-bond donors (Lipinski definition) is 2. The van der Waals surface area contributed by atoms with E-state index >= 15 is 0 Å². The maximum atomic E-state index is 12.2. The van der Waals surface area contributed by atoms with Gasteiger partial charge in [0.15, 0.2) is 0 Å². The lowest BCUT2D eigenvalue weighted by Gasteiger charge is -2.32. The second-order valence-corrected chi connectivity index (χ2v) is 6.64. The number of carboxylic acids is 1. The lowest BCUT2D eigenvalue weighted by molar-refractivity contribution is -0.138. The van der Waals surface area contributed by atoms with Crippen molar-refractivity contribution in [2.24, 2.45) is 17.8 Å². The fourth-order valence-electron chi connectivity index (χ4n) is 3.08. The van der Waals surface area contributed by atoms with Crippen LogP contribution in [-0.4, -0.2) is 41.6 Å². The first kappa shape index (κ1) is 17.8. The Morgan fingerprint density at radius 2 is 2.10 bits per heavy atom. The third-order valence-corrected chi connectivity index (χ3v) is 4.19. The van der Waals surface area contributed by atoms with Gasteiger partial charge >= 0.3 is 12.0 Å². The Morgan fingerprint density at radius 3 is 2.67 bits per heavy atom. The van der Waals surface area contributed by atoms with E-state index in [9.17, 15) is 9.59 Å². The number of carbonyl (C=O) groups excluding carboxylic acids is 1. The molecule has 2 N–H and O–H groups in total. The number of likely N-dealkylation sites (tertiary alicyclic amines) is 1. The van der Waals surface area contributed by atoms with Gasteiger partial charge in [-0.05, 0) is 37.0 Å². The summed E-state index contributed by atoms with van der Waals surface area (Å²) < 4.78 is 0. The van der Waals surface area contributed by atoms with E-state index in [0.717, 1.165) is 32.4 Å². The smallest absolute Gasteiger partial charge is 0.317 e. The monoisotopic (exact) mass is 298 g/mol. The number of piperidine rings is 1. The highest BCUT2D eigenvalue weighted by Crippen LogP contribution is 2.19. The van der Waals surface area contributed by atoms with Crippen LogP contribution in [-0.2, 0) is 4.79 Å². The summed E-state index contributed by atoms with van der Waals surface area (Å²) >= 11 is 0. The maximum Gasteiger partial charge on any atom is 0.317 e. The van der Waals surface area contributed by atoms with Crippen molar-refractivity contribution < 1.29 is 14.7 Å². The van der Waals surface area contributed by atoms with Crippen LogP contribution in [0.15, 0.2) is 0 Å². The minimum atomic E-state index is -0.793. The number of urea groups is 1. The van der Waals surface area contributed by atoms with E-state index < -0.39 is 5.97 Å². The predicted molar refractivity (Wildman–Crippen MR) is 83.2 cm³/mol. The van der Waals surface area contributed by atoms with E-state index in [1.807, 2.05) is 4.90 Å². The van der Waals surface area contributed by atoms with Gasteiger partial charge in [-0.25, -0.2) is 4.79 Å². The Kier molecular flexibility index (Phi) is 7.54. The van der Waals surface area contributed by atoms with Crippen LogP contribution >= 0.6 is 0 Å². The zero-order valence-corrected chi connectivity index (χ0v) is 13.6. The van der Waals surface area contributed by atoms with Crippen molar-refractivity contribution in [3.8, 4) is 0 Å². The molecular formula is C16H30N2O3. The second-order valence-electron chi connectivity index (χ2n) is 6.64. The van der Waals surface area contributed by atoms with Gasteiger partial charge < -0.3 is 15.3 Å². The molecule has 0 aromatic heterocycles. The summed E-state index contributed by atoms with van der Waals surface area (Å²) in [6, 6.07) is -0.0349. The number of carboxylic acid groups (broad SMARTS) is 1. The van der Waals surface area contributed by atoms with Crippen LogP contribution in [0.2, 0.25) is 0 Å². The van der Waals surface area contributed by atoms with Gasteiger partial charge in [0.1, 0.15) is 0 Å². The van der Waals surface area contributed by atoms with Crippen LogP contribution in [0.1, 0.15) is 52.9 Å². The van der Waals surface area contributed by atoms with Crippen molar-refractivity contribution in [3.63, 3.8) is 0 Å². The van der Waals surface area contributed by atoms with E-state index in [-0.39, 0.29) is 18.4 Å². The van der Waals surface area contributed by atoms with Crippen molar-refractivity contribution in [2.75, 3.05) is 19.6 Å². The van der Waals surface area contributed by atoms with Crippen LogP contribution in [0.25, 0.3) is 0 Å². The SMILES string of the molecule is CCC1CCCN(C(=O)NCC(CC(=O)O)CC(C)C)C1. The number of hydrogen-bond acceptors (Lipinski definition) is 2. The number of amides is 2. The van der Waals surface area contributed by atoms with Gasteiger partial charge in [0.25, 0.3) is 0 Å². The molecule has 1 saturated heterocycles. The maximum absolute atomic E-state index is 12.2. The van der Waals surface area contributed by atoms with Gasteiger partial charge in [0.05, 0.1) is 0 Å². The Balaban J connectivity index is 2.42. The Hall–Kier alpha value is -1.26. The summed E-state index contributed by atoms with van der Waals surface area (Å²) in [6.45, 7) is 8.42. The molecule has 0 aromatic carbocycles. The van der Waals surface area contributed by atoms with Gasteiger partial charge in [0.2, 0.25) is 0 Å². The molecule has 122 valence electrons. The van der Waals surface area contributed by atoms with Crippen LogP contribution in [0.3, 0.4) is 0 Å². The lowest BCUT2D eigenvalue weighted by atomic mass is 9.94. The molecule has 1 aliphatic heterocycles. The van der Waals surface area contributed by atoms with Crippen molar-refractivity contribution in [2.45, 2.75) is 52.9 Å². The Bertz CT molecular complexity index is 344. The van der Waals surface area contributed by atoms with E-state index in [4.69, 9.17) is 5.11 Å². The highest BCUT2D eigenvalue weighted by atomic mass is 16.4. The minimum absolute atomic E-state index is 0.0122. The third kappa shape index (κ3) is 6.82. The highest BCUT2D eigenvalue weighted by Gasteiger charge is 2.23. The normalized spacial score (nSPS) is 20.4. The van der Waals surface area contributed by atoms with E-state index in [2.05, 4.69) is 26.1 Å². The van der Waals surface area contributed by atoms with Crippen LogP contribution < -0.4 is 5.32 Å². The predicted octanol–water partition coefficient (Wildman–Crippen LogP) is 2.96. The highest BCUT2D eigenvalue weighted by molar-refractivity contribution is 5.74. The first-order valence-corrected chi connectivity index (χ1v) is 8.16. The quantitative estimate of drug-likeness (QED) is 0.759. The zero-order valence-electron chi connectivity index (χ0n) is 13.6. The van der Waals surface area contributed by atoms with Gasteiger partial charge in [-0.3, -0.25) is 4.79 Å². The average Bonchev–Trinajstić information content (AvgIpc) is 2.43. The van der Waals surface area contributed by atoms with Gasteiger partial charge in [-0.2, -0.15) is 0 Å². The summed E-state index contributed by atoms with van der Waals surface area (Å²) in [5.41, 5.74) is 0. The van der Waals surface area contributed by atoms with Crippen molar-refractivity contribution in [3.05, 3.63) is 0 Å². The Morgan fingerprint density at radius 1 is 1.38 bits per heavy atom. The van der Waals surface area contributed by atoms with E-state index in [0.29, 0.717) is 18.4 Å². The lowest BCUT2D eigenvalue weighted by Crippen LogP contribution is -2.46. The second kappa shape index (κ2) is 8.90. The van der Waals surface area contributed by atoms with Crippen molar-refractivity contribution in [1.82, 2.24) is 10.2 Å². The zero-order chi connectivity index (χ0) is 15.8. The largest absolute Gasteiger partial charge is 0.481 e. The minimum Gasteiger partial charge on any atom is -0.481 e. The molecule has 0 spiro atoms. The molecule has 0 radical (unpaired) electrons. The molecule has 0 aliphatic carbocycles. The number of aliphatic carboxylic acids is 1. The fraction of sp³-hybridized carbons (Fsp3) is 0.875. The van der Waals surface area contributed by atoms with Crippen LogP contribution in [0.4, 0.5) is 4.79 Å². The molecule has 0 aromatic rings. The molecule has 5 nitrogen and oxygen atoms in total. The molecule has 1 aliphatic rings. The fourth-order valence-corrected chi connectivity index (χ4v) is 3.08. The van der Waals surface area contributed by atoms with Gasteiger partial charge in [-0.1, -0.05) is 27.2 Å². The third-order valence-electron chi connectivity index (χ3n) is 4.19. The molecule has 1 fully saturated rings. The first-order chi connectivity index (χ1) is 9.92. The molecule has 0 bridgehead atoms. The molecule has 2 amide bonds. The Labute approximate surface area is 128 Å². The number of nitrogens with one attached hydrogen (secondary N) is 1. The molecule has 1 rings (SSSR count). The topological polar surface area (TPSA) is 69.6 Å². The first-order valence-electron chi connectivity index (χ1n) is 8.16.